The van der Waals surface area contributed by atoms with Crippen LogP contribution in [-0.4, -0.2) is 34.3 Å². The third-order valence-electron chi connectivity index (χ3n) is 4.88. The molecule has 0 unspecified atom stereocenters. The Kier molecular flexibility index (Phi) is 5.79. The van der Waals surface area contributed by atoms with Gasteiger partial charge in [0.1, 0.15) is 5.82 Å². The van der Waals surface area contributed by atoms with Crippen LogP contribution in [0.4, 0.5) is 11.5 Å². The van der Waals surface area contributed by atoms with Crippen molar-refractivity contribution < 1.29 is 8.42 Å². The van der Waals surface area contributed by atoms with E-state index in [0.717, 1.165) is 45.8 Å². The molecule has 4 rings (SSSR count). The molecule has 8 nitrogen and oxygen atoms in total. The Bertz CT molecular complexity index is 1430. The van der Waals surface area contributed by atoms with Crippen LogP contribution in [0.5, 0.6) is 0 Å². The maximum absolute atomic E-state index is 11.7. The van der Waals surface area contributed by atoms with Crippen molar-refractivity contribution in [2.24, 2.45) is 0 Å². The largest absolute Gasteiger partial charge is 0.366 e. The number of aromatic nitrogens is 4. The molecule has 0 spiro atoms. The van der Waals surface area contributed by atoms with E-state index in [0.29, 0.717) is 22.9 Å². The number of nitrogens with one attached hydrogen (secondary N) is 2. The van der Waals surface area contributed by atoms with Crippen molar-refractivity contribution in [2.75, 3.05) is 16.3 Å². The Morgan fingerprint density at radius 2 is 1.84 bits per heavy atom. The Morgan fingerprint density at radius 1 is 1.06 bits per heavy atom. The summed E-state index contributed by atoms with van der Waals surface area (Å²) in [4.78, 5) is 8.94. The van der Waals surface area contributed by atoms with Crippen molar-refractivity contribution in [1.29, 1.82) is 0 Å². The van der Waals surface area contributed by atoms with Crippen molar-refractivity contribution in [3.8, 4) is 11.1 Å². The van der Waals surface area contributed by atoms with E-state index in [-0.39, 0.29) is 0 Å². The van der Waals surface area contributed by atoms with Gasteiger partial charge in [-0.05, 0) is 56.2 Å². The molecule has 0 aliphatic rings. The predicted molar refractivity (Wildman–Crippen MR) is 128 cm³/mol. The third-order valence-corrected chi connectivity index (χ3v) is 5.80. The molecule has 3 heterocycles. The minimum absolute atomic E-state index is 0.310. The average Bonchev–Trinajstić information content (AvgIpc) is 3.03. The molecule has 32 heavy (non-hydrogen) atoms. The molecular weight excluding hydrogens is 448 g/mol. The van der Waals surface area contributed by atoms with Gasteiger partial charge in [-0.1, -0.05) is 17.7 Å². The lowest BCUT2D eigenvalue weighted by Gasteiger charge is -2.11. The number of anilines is 2. The van der Waals surface area contributed by atoms with E-state index in [1.807, 2.05) is 45.0 Å². The van der Waals surface area contributed by atoms with Crippen LogP contribution in [0.15, 0.2) is 42.6 Å². The summed E-state index contributed by atoms with van der Waals surface area (Å²) in [5, 5.41) is 8.44. The van der Waals surface area contributed by atoms with Gasteiger partial charge in [0.15, 0.2) is 5.65 Å². The number of rotatable bonds is 6. The molecular formula is C22H23ClN6O2S. The lowest BCUT2D eigenvalue weighted by Crippen LogP contribution is -2.10. The molecule has 0 atom stereocenters. The van der Waals surface area contributed by atoms with Crippen molar-refractivity contribution in [1.82, 2.24) is 19.6 Å². The fourth-order valence-corrected chi connectivity index (χ4v) is 4.36. The van der Waals surface area contributed by atoms with Gasteiger partial charge in [0.05, 0.1) is 22.7 Å². The number of aryl methyl sites for hydroxylation is 3. The monoisotopic (exact) mass is 470 g/mol. The zero-order valence-corrected chi connectivity index (χ0v) is 19.7. The third kappa shape index (κ3) is 4.68. The smallest absolute Gasteiger partial charge is 0.229 e. The molecule has 10 heteroatoms. The number of nitrogens with zero attached hydrogens (tertiary/aromatic N) is 4. The summed E-state index contributed by atoms with van der Waals surface area (Å²) < 4.78 is 27.7. The zero-order valence-electron chi connectivity index (χ0n) is 18.1. The summed E-state index contributed by atoms with van der Waals surface area (Å²) in [5.74, 6) is 0.805. The van der Waals surface area contributed by atoms with E-state index < -0.39 is 10.0 Å². The quantitative estimate of drug-likeness (QED) is 0.434. The number of pyridine rings is 1. The Morgan fingerprint density at radius 3 is 2.56 bits per heavy atom. The normalized spacial score (nSPS) is 11.7. The van der Waals surface area contributed by atoms with Gasteiger partial charge in [-0.2, -0.15) is 9.61 Å². The second-order valence-electron chi connectivity index (χ2n) is 7.71. The van der Waals surface area contributed by atoms with Crippen LogP contribution < -0.4 is 10.0 Å². The number of fused-ring (bicyclic) bond motifs is 1. The van der Waals surface area contributed by atoms with Crippen LogP contribution in [0.1, 0.15) is 22.6 Å². The molecule has 3 aromatic heterocycles. The van der Waals surface area contributed by atoms with Crippen LogP contribution in [-0.2, 0) is 16.6 Å². The predicted octanol–water partition coefficient (Wildman–Crippen LogP) is 4.35. The van der Waals surface area contributed by atoms with Crippen LogP contribution >= 0.6 is 11.6 Å². The highest BCUT2D eigenvalue weighted by atomic mass is 35.5. The molecule has 0 saturated carbocycles. The maximum Gasteiger partial charge on any atom is 0.229 e. The first kappa shape index (κ1) is 22.0. The molecule has 0 bridgehead atoms. The van der Waals surface area contributed by atoms with Gasteiger partial charge in [0, 0.05) is 35.8 Å². The van der Waals surface area contributed by atoms with Gasteiger partial charge in [0.25, 0.3) is 0 Å². The fraction of sp³-hybridized carbons (Fsp3) is 0.227. The summed E-state index contributed by atoms with van der Waals surface area (Å²) in [5.41, 5.74) is 6.21. The van der Waals surface area contributed by atoms with E-state index in [9.17, 15) is 8.42 Å². The zero-order chi connectivity index (χ0) is 23.0. The van der Waals surface area contributed by atoms with E-state index >= 15 is 0 Å². The molecule has 0 aliphatic heterocycles. The lowest BCUT2D eigenvalue weighted by molar-refractivity contribution is 0.607. The molecule has 0 fully saturated rings. The molecule has 0 saturated heterocycles. The molecule has 1 aromatic carbocycles. The van der Waals surface area contributed by atoms with Crippen LogP contribution in [0, 0.1) is 20.8 Å². The van der Waals surface area contributed by atoms with Crippen molar-refractivity contribution in [3.05, 3.63) is 70.3 Å². The number of hydrogen-bond donors (Lipinski definition) is 2. The van der Waals surface area contributed by atoms with E-state index in [4.69, 9.17) is 21.7 Å². The Labute approximate surface area is 191 Å². The van der Waals surface area contributed by atoms with Gasteiger partial charge in [-0.25, -0.2) is 13.4 Å². The minimum atomic E-state index is -3.47. The van der Waals surface area contributed by atoms with Gasteiger partial charge in [0.2, 0.25) is 10.0 Å². The standard InChI is InChI=1S/C22H23ClN6O2S/c1-13-9-16(7-8-24-13)12-25-20-10-14(2)26-22-21(15(3)27-29(20)22)17-5-6-18(23)19(11-17)28-32(4,30)31/h5-11,25,28H,12H2,1-4H3. The van der Waals surface area contributed by atoms with E-state index in [2.05, 4.69) is 15.0 Å². The first-order valence-corrected chi connectivity index (χ1v) is 12.2. The van der Waals surface area contributed by atoms with Gasteiger partial charge in [-0.15, -0.1) is 0 Å². The van der Waals surface area contributed by atoms with Crippen molar-refractivity contribution >= 4 is 38.8 Å². The number of halogens is 1. The molecule has 0 radical (unpaired) electrons. The summed E-state index contributed by atoms with van der Waals surface area (Å²) in [7, 11) is -3.47. The van der Waals surface area contributed by atoms with Crippen molar-refractivity contribution in [3.63, 3.8) is 0 Å². The van der Waals surface area contributed by atoms with Gasteiger partial charge >= 0.3 is 0 Å². The second-order valence-corrected chi connectivity index (χ2v) is 9.86. The second kappa shape index (κ2) is 8.40. The van der Waals surface area contributed by atoms with E-state index in [1.165, 1.54) is 0 Å². The first-order chi connectivity index (χ1) is 15.1. The maximum atomic E-state index is 11.7. The number of sulfonamides is 1. The average molecular weight is 471 g/mol. The number of hydrogen-bond acceptors (Lipinski definition) is 6. The summed E-state index contributed by atoms with van der Waals surface area (Å²) >= 11 is 6.20. The summed E-state index contributed by atoms with van der Waals surface area (Å²) in [6.07, 6.45) is 2.88. The fourth-order valence-electron chi connectivity index (χ4n) is 3.57. The molecule has 4 aromatic rings. The summed E-state index contributed by atoms with van der Waals surface area (Å²) in [6.45, 7) is 6.39. The molecule has 0 aliphatic carbocycles. The van der Waals surface area contributed by atoms with Crippen LogP contribution in [0.3, 0.4) is 0 Å². The molecule has 0 amide bonds. The minimum Gasteiger partial charge on any atom is -0.366 e. The topological polar surface area (TPSA) is 101 Å². The van der Waals surface area contributed by atoms with Crippen LogP contribution in [0.2, 0.25) is 5.02 Å². The highest BCUT2D eigenvalue weighted by Gasteiger charge is 2.18. The van der Waals surface area contributed by atoms with Gasteiger partial charge < -0.3 is 5.32 Å². The SMILES string of the molecule is Cc1cc(CNc2cc(C)nc3c(-c4ccc(Cl)c(NS(C)(=O)=O)c4)c(C)nn23)ccn1. The van der Waals surface area contributed by atoms with Crippen molar-refractivity contribution in [2.45, 2.75) is 27.3 Å². The highest BCUT2D eigenvalue weighted by molar-refractivity contribution is 7.92. The summed E-state index contributed by atoms with van der Waals surface area (Å²) in [6, 6.07) is 11.1. The van der Waals surface area contributed by atoms with E-state index in [1.54, 1.807) is 22.8 Å². The lowest BCUT2D eigenvalue weighted by atomic mass is 10.1. The Hall–Kier alpha value is -3.17. The molecule has 166 valence electrons. The van der Waals surface area contributed by atoms with Crippen LogP contribution in [0.25, 0.3) is 16.8 Å². The number of benzene rings is 1. The molecule has 2 N–H and O–H groups in total. The Balaban J connectivity index is 1.77. The highest BCUT2D eigenvalue weighted by Crippen LogP contribution is 2.34. The van der Waals surface area contributed by atoms with Gasteiger partial charge in [-0.3, -0.25) is 9.71 Å². The first-order valence-electron chi connectivity index (χ1n) is 9.91.